The Balaban J connectivity index is 2.49. The van der Waals surface area contributed by atoms with Gasteiger partial charge in [-0.3, -0.25) is 4.79 Å². The number of nitrogens with one attached hydrogen (secondary N) is 1. The molecular formula is C12H13N3O4S2. The van der Waals surface area contributed by atoms with Crippen LogP contribution < -0.4 is 15.2 Å². The number of methoxy groups -OCH3 is 1. The van der Waals surface area contributed by atoms with E-state index >= 15 is 0 Å². The van der Waals surface area contributed by atoms with Gasteiger partial charge in [0.1, 0.15) is 10.6 Å². The molecule has 1 aromatic carbocycles. The van der Waals surface area contributed by atoms with Gasteiger partial charge >= 0.3 is 0 Å². The molecule has 0 aliphatic carbocycles. The van der Waals surface area contributed by atoms with Crippen molar-refractivity contribution in [2.24, 2.45) is 5.14 Å². The van der Waals surface area contributed by atoms with Crippen molar-refractivity contribution in [2.75, 3.05) is 12.4 Å². The second kappa shape index (κ2) is 5.80. The summed E-state index contributed by atoms with van der Waals surface area (Å²) in [6.07, 6.45) is 0. The smallest absolute Gasteiger partial charge is 0.275 e. The predicted octanol–water partition coefficient (Wildman–Crippen LogP) is 1.36. The Labute approximate surface area is 125 Å². The molecule has 112 valence electrons. The number of rotatable bonds is 4. The fourth-order valence-electron chi connectivity index (χ4n) is 1.77. The number of aryl methyl sites for hydroxylation is 1. The van der Waals surface area contributed by atoms with Crippen LogP contribution in [0.1, 0.15) is 16.1 Å². The van der Waals surface area contributed by atoms with Gasteiger partial charge < -0.3 is 10.1 Å². The number of nitrogens with two attached hydrogens (primary N) is 1. The number of ether oxygens (including phenoxy) is 1. The summed E-state index contributed by atoms with van der Waals surface area (Å²) in [7, 11) is -2.67. The van der Waals surface area contributed by atoms with Gasteiger partial charge in [0.15, 0.2) is 5.75 Å². The molecule has 0 fully saturated rings. The van der Waals surface area contributed by atoms with Gasteiger partial charge in [0, 0.05) is 5.38 Å². The van der Waals surface area contributed by atoms with Crippen molar-refractivity contribution < 1.29 is 17.9 Å². The number of aromatic nitrogens is 1. The van der Waals surface area contributed by atoms with E-state index in [-0.39, 0.29) is 22.0 Å². The Morgan fingerprint density at radius 1 is 1.43 bits per heavy atom. The van der Waals surface area contributed by atoms with E-state index in [0.29, 0.717) is 5.56 Å². The lowest BCUT2D eigenvalue weighted by atomic mass is 10.2. The summed E-state index contributed by atoms with van der Waals surface area (Å²) in [5.74, 6) is -0.466. The Morgan fingerprint density at radius 3 is 2.67 bits per heavy atom. The van der Waals surface area contributed by atoms with Crippen LogP contribution in [0.25, 0.3) is 0 Å². The Bertz CT molecular complexity index is 770. The molecule has 21 heavy (non-hydrogen) atoms. The number of thiazole rings is 1. The van der Waals surface area contributed by atoms with Gasteiger partial charge in [-0.15, -0.1) is 11.3 Å². The van der Waals surface area contributed by atoms with Gasteiger partial charge in [-0.1, -0.05) is 0 Å². The van der Waals surface area contributed by atoms with Gasteiger partial charge in [-0.25, -0.2) is 18.5 Å². The van der Waals surface area contributed by atoms with E-state index in [0.717, 1.165) is 0 Å². The van der Waals surface area contributed by atoms with Gasteiger partial charge in [0.25, 0.3) is 5.91 Å². The van der Waals surface area contributed by atoms with Crippen LogP contribution >= 0.6 is 11.3 Å². The third-order valence-corrected chi connectivity index (χ3v) is 4.13. The van der Waals surface area contributed by atoms with E-state index in [4.69, 9.17) is 9.88 Å². The van der Waals surface area contributed by atoms with E-state index in [2.05, 4.69) is 10.3 Å². The zero-order valence-corrected chi connectivity index (χ0v) is 12.9. The third kappa shape index (κ3) is 3.38. The largest absolute Gasteiger partial charge is 0.493 e. The topological polar surface area (TPSA) is 111 Å². The first-order chi connectivity index (χ1) is 9.82. The average Bonchev–Trinajstić information content (AvgIpc) is 2.91. The molecule has 1 aromatic heterocycles. The number of primary sulfonamides is 1. The van der Waals surface area contributed by atoms with Crippen molar-refractivity contribution in [1.29, 1.82) is 0 Å². The molecule has 0 saturated heterocycles. The lowest BCUT2D eigenvalue weighted by Crippen LogP contribution is -2.17. The van der Waals surface area contributed by atoms with Gasteiger partial charge in [0.05, 0.1) is 18.3 Å². The van der Waals surface area contributed by atoms with Gasteiger partial charge in [-0.05, 0) is 24.6 Å². The number of anilines is 1. The minimum atomic E-state index is -3.97. The van der Waals surface area contributed by atoms with Crippen molar-refractivity contribution in [2.45, 2.75) is 11.8 Å². The molecule has 0 atom stereocenters. The molecule has 9 heteroatoms. The SMILES string of the molecule is COc1c(NC(=O)c2cscn2)cc(C)cc1S(N)(=O)=O. The quantitative estimate of drug-likeness (QED) is 0.880. The highest BCUT2D eigenvalue weighted by Gasteiger charge is 2.21. The maximum Gasteiger partial charge on any atom is 0.275 e. The predicted molar refractivity (Wildman–Crippen MR) is 79.2 cm³/mol. The summed E-state index contributed by atoms with van der Waals surface area (Å²) >= 11 is 1.28. The maximum atomic E-state index is 12.0. The molecule has 0 bridgehead atoms. The normalized spacial score (nSPS) is 11.2. The molecule has 0 unspecified atom stereocenters. The molecule has 1 amide bonds. The summed E-state index contributed by atoms with van der Waals surface area (Å²) in [5, 5.41) is 9.32. The number of nitrogens with zero attached hydrogens (tertiary/aromatic N) is 1. The second-order valence-corrected chi connectivity index (χ2v) is 6.47. The van der Waals surface area contributed by atoms with Crippen molar-refractivity contribution in [3.8, 4) is 5.75 Å². The lowest BCUT2D eigenvalue weighted by Gasteiger charge is -2.14. The summed E-state index contributed by atoms with van der Waals surface area (Å²) < 4.78 is 28.3. The van der Waals surface area contributed by atoms with Crippen LogP contribution in [-0.2, 0) is 10.0 Å². The number of carbonyl (C=O) groups excluding carboxylic acids is 1. The summed E-state index contributed by atoms with van der Waals surface area (Å²) in [5.41, 5.74) is 2.60. The number of sulfonamides is 1. The first kappa shape index (κ1) is 15.4. The van der Waals surface area contributed by atoms with Crippen molar-refractivity contribution in [1.82, 2.24) is 4.98 Å². The fraction of sp³-hybridized carbons (Fsp3) is 0.167. The molecule has 0 aliphatic heterocycles. The second-order valence-electron chi connectivity index (χ2n) is 4.22. The Morgan fingerprint density at radius 2 is 2.14 bits per heavy atom. The number of hydrogen-bond acceptors (Lipinski definition) is 6. The highest BCUT2D eigenvalue weighted by atomic mass is 32.2. The van der Waals surface area contributed by atoms with Crippen LogP contribution in [0.4, 0.5) is 5.69 Å². The minimum Gasteiger partial charge on any atom is -0.493 e. The van der Waals surface area contributed by atoms with Crippen LogP contribution in [0.2, 0.25) is 0 Å². The molecule has 3 N–H and O–H groups in total. The molecule has 0 aliphatic rings. The summed E-state index contributed by atoms with van der Waals surface area (Å²) in [4.78, 5) is 15.7. The zero-order chi connectivity index (χ0) is 15.6. The summed E-state index contributed by atoms with van der Waals surface area (Å²) in [6.45, 7) is 1.69. The third-order valence-electron chi connectivity index (χ3n) is 2.62. The number of hydrogen-bond donors (Lipinski definition) is 2. The molecule has 0 saturated carbocycles. The summed E-state index contributed by atoms with van der Waals surface area (Å²) in [6, 6.07) is 2.98. The van der Waals surface area contributed by atoms with Crippen molar-refractivity contribution in [3.63, 3.8) is 0 Å². The van der Waals surface area contributed by atoms with E-state index in [1.54, 1.807) is 18.4 Å². The number of amides is 1. The zero-order valence-electron chi connectivity index (χ0n) is 11.3. The molecule has 0 spiro atoms. The van der Waals surface area contributed by atoms with E-state index in [1.807, 2.05) is 0 Å². The number of carbonyl (C=O) groups is 1. The first-order valence-electron chi connectivity index (χ1n) is 5.74. The standard InChI is InChI=1S/C12H13N3O4S2/c1-7-3-8(15-12(16)9-5-20-6-14-9)11(19-2)10(4-7)21(13,17)18/h3-6H,1-2H3,(H,15,16)(H2,13,17,18). The van der Waals surface area contributed by atoms with Crippen LogP contribution in [0, 0.1) is 6.92 Å². The molecular weight excluding hydrogens is 314 g/mol. The Kier molecular flexibility index (Phi) is 4.26. The van der Waals surface area contributed by atoms with Gasteiger partial charge in [0.2, 0.25) is 10.0 Å². The monoisotopic (exact) mass is 327 g/mol. The van der Waals surface area contributed by atoms with Crippen molar-refractivity contribution >= 4 is 33.0 Å². The Hall–Kier alpha value is -1.97. The fourth-order valence-corrected chi connectivity index (χ4v) is 3.10. The average molecular weight is 327 g/mol. The molecule has 2 aromatic rings. The van der Waals surface area contributed by atoms with E-state index in [9.17, 15) is 13.2 Å². The van der Waals surface area contributed by atoms with Crippen LogP contribution in [0.15, 0.2) is 27.9 Å². The minimum absolute atomic E-state index is 0.00770. The lowest BCUT2D eigenvalue weighted by molar-refractivity contribution is 0.102. The first-order valence-corrected chi connectivity index (χ1v) is 8.23. The molecule has 7 nitrogen and oxygen atoms in total. The molecule has 2 rings (SSSR count). The van der Waals surface area contributed by atoms with Crippen LogP contribution in [0.3, 0.4) is 0 Å². The highest BCUT2D eigenvalue weighted by molar-refractivity contribution is 7.89. The van der Waals surface area contributed by atoms with Crippen molar-refractivity contribution in [3.05, 3.63) is 34.3 Å². The van der Waals surface area contributed by atoms with E-state index in [1.165, 1.54) is 30.0 Å². The van der Waals surface area contributed by atoms with E-state index < -0.39 is 15.9 Å². The maximum absolute atomic E-state index is 12.0. The number of benzene rings is 1. The van der Waals surface area contributed by atoms with Crippen LogP contribution in [0.5, 0.6) is 5.75 Å². The van der Waals surface area contributed by atoms with Gasteiger partial charge in [-0.2, -0.15) is 0 Å². The highest BCUT2D eigenvalue weighted by Crippen LogP contribution is 2.33. The molecule has 0 radical (unpaired) electrons. The van der Waals surface area contributed by atoms with Crippen LogP contribution in [-0.4, -0.2) is 26.4 Å². The molecule has 1 heterocycles.